The molecule has 96 valence electrons. The molecule has 2 aromatic rings. The predicted octanol–water partition coefficient (Wildman–Crippen LogP) is 2.53. The maximum atomic E-state index is 10.8. The van der Waals surface area contributed by atoms with Crippen LogP contribution in [0.4, 0.5) is 0 Å². The molecule has 0 bridgehead atoms. The number of nitrogens with zero attached hydrogens (tertiary/aromatic N) is 1. The fourth-order valence-electron chi connectivity index (χ4n) is 2.02. The Balaban J connectivity index is 2.67. The van der Waals surface area contributed by atoms with E-state index >= 15 is 0 Å². The number of fused-ring (bicyclic) bond motifs is 1. The van der Waals surface area contributed by atoms with Crippen LogP contribution in [-0.2, 0) is 17.8 Å². The van der Waals surface area contributed by atoms with Crippen molar-refractivity contribution in [3.63, 3.8) is 0 Å². The van der Waals surface area contributed by atoms with Crippen molar-refractivity contribution in [2.24, 2.45) is 5.73 Å². The van der Waals surface area contributed by atoms with Crippen molar-refractivity contribution in [2.75, 3.05) is 6.54 Å². The minimum absolute atomic E-state index is 0.0496. The maximum absolute atomic E-state index is 10.8. The number of benzene rings is 1. The second-order valence-corrected chi connectivity index (χ2v) is 4.75. The molecule has 0 aliphatic carbocycles. The van der Waals surface area contributed by atoms with E-state index in [2.05, 4.69) is 0 Å². The molecular weight excluding hydrogens is 275 g/mol. The molecule has 3 N–H and O–H groups in total. The van der Waals surface area contributed by atoms with E-state index in [-0.39, 0.29) is 6.42 Å². The van der Waals surface area contributed by atoms with Crippen molar-refractivity contribution in [3.05, 3.63) is 33.9 Å². The van der Waals surface area contributed by atoms with E-state index in [4.69, 9.17) is 34.0 Å². The number of halogens is 2. The zero-order chi connectivity index (χ0) is 13.3. The molecule has 1 aromatic carbocycles. The van der Waals surface area contributed by atoms with Gasteiger partial charge in [0.05, 0.1) is 22.0 Å². The van der Waals surface area contributed by atoms with Crippen molar-refractivity contribution in [1.82, 2.24) is 4.57 Å². The molecule has 0 amide bonds. The molecule has 0 unspecified atom stereocenters. The zero-order valence-electron chi connectivity index (χ0n) is 9.49. The monoisotopic (exact) mass is 286 g/mol. The summed E-state index contributed by atoms with van der Waals surface area (Å²) in [4.78, 5) is 10.8. The van der Waals surface area contributed by atoms with Crippen LogP contribution >= 0.6 is 23.2 Å². The lowest BCUT2D eigenvalue weighted by atomic mass is 10.1. The lowest BCUT2D eigenvalue weighted by molar-refractivity contribution is -0.136. The lowest BCUT2D eigenvalue weighted by Crippen LogP contribution is -2.09. The van der Waals surface area contributed by atoms with Crippen molar-refractivity contribution in [3.8, 4) is 0 Å². The van der Waals surface area contributed by atoms with Gasteiger partial charge in [0.2, 0.25) is 0 Å². The first-order chi connectivity index (χ1) is 8.54. The molecule has 0 fully saturated rings. The van der Waals surface area contributed by atoms with Gasteiger partial charge in [0.15, 0.2) is 0 Å². The third kappa shape index (κ3) is 2.32. The highest BCUT2D eigenvalue weighted by molar-refractivity contribution is 6.45. The molecule has 1 heterocycles. The fraction of sp³-hybridized carbons (Fsp3) is 0.250. The Morgan fingerprint density at radius 1 is 1.39 bits per heavy atom. The Kier molecular flexibility index (Phi) is 3.80. The molecule has 0 atom stereocenters. The van der Waals surface area contributed by atoms with E-state index in [1.54, 1.807) is 18.3 Å². The Hall–Kier alpha value is -1.23. The molecule has 6 heteroatoms. The van der Waals surface area contributed by atoms with Crippen LogP contribution in [0, 0.1) is 0 Å². The molecule has 0 spiro atoms. The summed E-state index contributed by atoms with van der Waals surface area (Å²) in [5.41, 5.74) is 6.99. The van der Waals surface area contributed by atoms with Crippen LogP contribution in [0.2, 0.25) is 10.0 Å². The van der Waals surface area contributed by atoms with Crippen molar-refractivity contribution >= 4 is 40.1 Å². The molecule has 0 saturated carbocycles. The van der Waals surface area contributed by atoms with Crippen molar-refractivity contribution in [2.45, 2.75) is 13.0 Å². The van der Waals surface area contributed by atoms with Crippen LogP contribution in [0.25, 0.3) is 10.9 Å². The highest BCUT2D eigenvalue weighted by Crippen LogP contribution is 2.33. The van der Waals surface area contributed by atoms with E-state index in [0.29, 0.717) is 28.7 Å². The van der Waals surface area contributed by atoms with Crippen LogP contribution in [0.1, 0.15) is 5.56 Å². The van der Waals surface area contributed by atoms with Crippen molar-refractivity contribution in [1.29, 1.82) is 0 Å². The lowest BCUT2D eigenvalue weighted by Gasteiger charge is -2.05. The molecular formula is C12H12Cl2N2O2. The number of rotatable bonds is 4. The normalized spacial score (nSPS) is 11.1. The summed E-state index contributed by atoms with van der Waals surface area (Å²) in [7, 11) is 0. The second-order valence-electron chi connectivity index (χ2n) is 3.96. The van der Waals surface area contributed by atoms with E-state index in [9.17, 15) is 4.79 Å². The Bertz CT molecular complexity index is 608. The van der Waals surface area contributed by atoms with Gasteiger partial charge in [0, 0.05) is 24.7 Å². The molecule has 0 aliphatic rings. The number of nitrogens with two attached hydrogens (primary N) is 1. The highest BCUT2D eigenvalue weighted by atomic mass is 35.5. The molecule has 4 nitrogen and oxygen atoms in total. The highest BCUT2D eigenvalue weighted by Gasteiger charge is 2.15. The van der Waals surface area contributed by atoms with E-state index in [1.165, 1.54) is 0 Å². The SMILES string of the molecule is NCCn1cc(CC(=O)O)c2ccc(Cl)c(Cl)c21. The van der Waals surface area contributed by atoms with E-state index in [1.807, 2.05) is 4.57 Å². The average Bonchev–Trinajstić information content (AvgIpc) is 2.62. The zero-order valence-corrected chi connectivity index (χ0v) is 11.0. The first kappa shape index (κ1) is 13.2. The summed E-state index contributed by atoms with van der Waals surface area (Å²) >= 11 is 12.2. The second kappa shape index (κ2) is 5.18. The predicted molar refractivity (Wildman–Crippen MR) is 72.4 cm³/mol. The van der Waals surface area contributed by atoms with Gasteiger partial charge in [0.25, 0.3) is 0 Å². The first-order valence-corrected chi connectivity index (χ1v) is 6.17. The Morgan fingerprint density at radius 3 is 2.72 bits per heavy atom. The van der Waals surface area contributed by atoms with Crippen LogP contribution in [-0.4, -0.2) is 22.2 Å². The Morgan fingerprint density at radius 2 is 2.11 bits per heavy atom. The minimum Gasteiger partial charge on any atom is -0.481 e. The van der Waals surface area contributed by atoms with Crippen LogP contribution in [0.5, 0.6) is 0 Å². The topological polar surface area (TPSA) is 68.2 Å². The number of aliphatic carboxylic acids is 1. The minimum atomic E-state index is -0.882. The fourth-order valence-corrected chi connectivity index (χ4v) is 2.45. The van der Waals surface area contributed by atoms with Gasteiger partial charge in [-0.3, -0.25) is 4.79 Å². The number of aromatic nitrogens is 1. The molecule has 18 heavy (non-hydrogen) atoms. The van der Waals surface area contributed by atoms with Gasteiger partial charge in [-0.05, 0) is 11.6 Å². The van der Waals surface area contributed by atoms with Gasteiger partial charge in [-0.15, -0.1) is 0 Å². The van der Waals surface area contributed by atoms with Gasteiger partial charge < -0.3 is 15.4 Å². The van der Waals surface area contributed by atoms with Crippen LogP contribution in [0.3, 0.4) is 0 Å². The number of hydrogen-bond acceptors (Lipinski definition) is 2. The average molecular weight is 287 g/mol. The van der Waals surface area contributed by atoms with Crippen LogP contribution < -0.4 is 5.73 Å². The third-order valence-electron chi connectivity index (χ3n) is 2.73. The number of carbonyl (C=O) groups is 1. The van der Waals surface area contributed by atoms with Gasteiger partial charge in [-0.25, -0.2) is 0 Å². The summed E-state index contributed by atoms with van der Waals surface area (Å²) in [5.74, 6) is -0.882. The molecule has 0 saturated heterocycles. The summed E-state index contributed by atoms with van der Waals surface area (Å²) in [5, 5.41) is 10.6. The number of carboxylic acids is 1. The summed E-state index contributed by atoms with van der Waals surface area (Å²) < 4.78 is 1.85. The largest absolute Gasteiger partial charge is 0.481 e. The quantitative estimate of drug-likeness (QED) is 0.908. The van der Waals surface area contributed by atoms with Gasteiger partial charge in [-0.1, -0.05) is 29.3 Å². The maximum Gasteiger partial charge on any atom is 0.307 e. The smallest absolute Gasteiger partial charge is 0.307 e. The standard InChI is InChI=1S/C12H12Cl2N2O2/c13-9-2-1-8-7(5-10(17)18)6-16(4-3-15)12(8)11(9)14/h1-2,6H,3-5,15H2,(H,17,18). The molecule has 1 aromatic heterocycles. The first-order valence-electron chi connectivity index (χ1n) is 5.42. The summed E-state index contributed by atoms with van der Waals surface area (Å²) in [6, 6.07) is 3.46. The van der Waals surface area contributed by atoms with E-state index in [0.717, 1.165) is 10.9 Å². The van der Waals surface area contributed by atoms with Gasteiger partial charge in [-0.2, -0.15) is 0 Å². The molecule has 0 aliphatic heterocycles. The van der Waals surface area contributed by atoms with Crippen molar-refractivity contribution < 1.29 is 9.90 Å². The Labute approximate surface area is 114 Å². The summed E-state index contributed by atoms with van der Waals surface area (Å²) in [6.07, 6.45) is 1.72. The van der Waals surface area contributed by atoms with E-state index < -0.39 is 5.97 Å². The van der Waals surface area contributed by atoms with Gasteiger partial charge in [0.1, 0.15) is 0 Å². The molecule has 2 rings (SSSR count). The molecule has 0 radical (unpaired) electrons. The third-order valence-corrected chi connectivity index (χ3v) is 3.52. The summed E-state index contributed by atoms with van der Waals surface area (Å²) in [6.45, 7) is 1.01. The number of hydrogen-bond donors (Lipinski definition) is 2. The van der Waals surface area contributed by atoms with Crippen LogP contribution in [0.15, 0.2) is 18.3 Å². The van der Waals surface area contributed by atoms with Gasteiger partial charge >= 0.3 is 5.97 Å². The number of carboxylic acid groups (broad SMARTS) is 1.